The van der Waals surface area contributed by atoms with Crippen molar-refractivity contribution in [1.82, 2.24) is 0 Å². The zero-order valence-corrected chi connectivity index (χ0v) is 11.7. The highest BCUT2D eigenvalue weighted by Crippen LogP contribution is 2.23. The molecule has 2 aromatic rings. The summed E-state index contributed by atoms with van der Waals surface area (Å²) in [5, 5.41) is 9.33. The van der Waals surface area contributed by atoms with Gasteiger partial charge in [-0.1, -0.05) is 24.3 Å². The zero-order chi connectivity index (χ0) is 14.5. The Morgan fingerprint density at radius 2 is 1.85 bits per heavy atom. The third-order valence-corrected chi connectivity index (χ3v) is 3.30. The van der Waals surface area contributed by atoms with Gasteiger partial charge in [-0.3, -0.25) is 0 Å². The predicted molar refractivity (Wildman–Crippen MR) is 79.2 cm³/mol. The van der Waals surface area contributed by atoms with Crippen LogP contribution in [0.15, 0.2) is 48.5 Å². The van der Waals surface area contributed by atoms with E-state index in [9.17, 15) is 9.65 Å². The summed E-state index contributed by atoms with van der Waals surface area (Å²) in [7, 11) is 3.95. The van der Waals surface area contributed by atoms with E-state index in [4.69, 9.17) is 0 Å². The van der Waals surface area contributed by atoms with Crippen molar-refractivity contribution in [2.45, 2.75) is 12.3 Å². The average molecular weight is 268 g/mol. The van der Waals surface area contributed by atoms with Crippen molar-refractivity contribution in [3.8, 4) is 6.07 Å². The van der Waals surface area contributed by atoms with Gasteiger partial charge in [0, 0.05) is 19.8 Å². The SMILES string of the molecule is CN(C)c1ccc(C(C#N)Cc2cccc(F)c2)cc1. The number of rotatable bonds is 4. The first kappa shape index (κ1) is 14.1. The molecule has 1 atom stereocenters. The van der Waals surface area contributed by atoms with Crippen LogP contribution in [-0.2, 0) is 6.42 Å². The van der Waals surface area contributed by atoms with Crippen molar-refractivity contribution >= 4 is 5.69 Å². The molecule has 2 nitrogen and oxygen atoms in total. The molecule has 1 unspecified atom stereocenters. The van der Waals surface area contributed by atoms with E-state index in [0.29, 0.717) is 6.42 Å². The lowest BCUT2D eigenvalue weighted by Gasteiger charge is -2.14. The fraction of sp³-hybridized carbons (Fsp3) is 0.235. The maximum absolute atomic E-state index is 13.2. The molecular weight excluding hydrogens is 251 g/mol. The van der Waals surface area contributed by atoms with Crippen LogP contribution in [0.3, 0.4) is 0 Å². The minimum absolute atomic E-state index is 0.256. The van der Waals surface area contributed by atoms with Gasteiger partial charge in [0.25, 0.3) is 0 Å². The smallest absolute Gasteiger partial charge is 0.123 e. The summed E-state index contributed by atoms with van der Waals surface area (Å²) in [5.41, 5.74) is 2.90. The Balaban J connectivity index is 2.18. The van der Waals surface area contributed by atoms with Crippen LogP contribution in [0.1, 0.15) is 17.0 Å². The first-order valence-electron chi connectivity index (χ1n) is 6.51. The summed E-state index contributed by atoms with van der Waals surface area (Å²) < 4.78 is 13.2. The molecule has 0 fully saturated rings. The lowest BCUT2D eigenvalue weighted by atomic mass is 9.93. The lowest BCUT2D eigenvalue weighted by molar-refractivity contribution is 0.624. The highest BCUT2D eigenvalue weighted by Gasteiger charge is 2.12. The molecule has 0 spiro atoms. The van der Waals surface area contributed by atoms with Gasteiger partial charge in [0.15, 0.2) is 0 Å². The molecule has 0 bridgehead atoms. The summed E-state index contributed by atoms with van der Waals surface area (Å²) in [6, 6.07) is 16.6. The van der Waals surface area contributed by atoms with Gasteiger partial charge >= 0.3 is 0 Å². The summed E-state index contributed by atoms with van der Waals surface area (Å²) in [4.78, 5) is 2.01. The third kappa shape index (κ3) is 3.36. The van der Waals surface area contributed by atoms with Crippen LogP contribution in [0, 0.1) is 17.1 Å². The number of halogens is 1. The van der Waals surface area contributed by atoms with E-state index in [1.807, 2.05) is 49.3 Å². The number of hydrogen-bond donors (Lipinski definition) is 0. The van der Waals surface area contributed by atoms with Crippen molar-refractivity contribution in [3.63, 3.8) is 0 Å². The fourth-order valence-electron chi connectivity index (χ4n) is 2.14. The topological polar surface area (TPSA) is 27.0 Å². The molecule has 0 saturated heterocycles. The molecular formula is C17H17FN2. The summed E-state index contributed by atoms with van der Waals surface area (Å²) in [6.45, 7) is 0. The standard InChI is InChI=1S/C17H17FN2/c1-20(2)17-8-6-14(7-9-17)15(12-19)10-13-4-3-5-16(18)11-13/h3-9,11,15H,10H2,1-2H3. The van der Waals surface area contributed by atoms with Crippen molar-refractivity contribution in [2.24, 2.45) is 0 Å². The summed E-state index contributed by atoms with van der Waals surface area (Å²) >= 11 is 0. The largest absolute Gasteiger partial charge is 0.378 e. The Labute approximate surface area is 119 Å². The molecule has 0 aromatic heterocycles. The van der Waals surface area contributed by atoms with Gasteiger partial charge in [-0.25, -0.2) is 4.39 Å². The Morgan fingerprint density at radius 1 is 1.15 bits per heavy atom. The van der Waals surface area contributed by atoms with Crippen LogP contribution < -0.4 is 4.90 Å². The molecule has 0 amide bonds. The van der Waals surface area contributed by atoms with E-state index in [2.05, 4.69) is 6.07 Å². The molecule has 0 heterocycles. The normalized spacial score (nSPS) is 11.7. The highest BCUT2D eigenvalue weighted by atomic mass is 19.1. The number of nitrogens with zero attached hydrogens (tertiary/aromatic N) is 2. The zero-order valence-electron chi connectivity index (χ0n) is 11.7. The van der Waals surface area contributed by atoms with E-state index >= 15 is 0 Å². The molecule has 2 aromatic carbocycles. The van der Waals surface area contributed by atoms with Gasteiger partial charge in [0.1, 0.15) is 5.82 Å². The molecule has 0 radical (unpaired) electrons. The highest BCUT2D eigenvalue weighted by molar-refractivity contribution is 5.47. The van der Waals surface area contributed by atoms with Crippen LogP contribution in [-0.4, -0.2) is 14.1 Å². The Bertz CT molecular complexity index is 612. The second-order valence-corrected chi connectivity index (χ2v) is 5.00. The van der Waals surface area contributed by atoms with Crippen molar-refractivity contribution < 1.29 is 4.39 Å². The van der Waals surface area contributed by atoms with Crippen LogP contribution in [0.25, 0.3) is 0 Å². The van der Waals surface area contributed by atoms with Crippen molar-refractivity contribution in [1.29, 1.82) is 5.26 Å². The fourth-order valence-corrected chi connectivity index (χ4v) is 2.14. The minimum atomic E-state index is -0.262. The van der Waals surface area contributed by atoms with Gasteiger partial charge in [-0.15, -0.1) is 0 Å². The second kappa shape index (κ2) is 6.21. The van der Waals surface area contributed by atoms with Crippen LogP contribution in [0.5, 0.6) is 0 Å². The van der Waals surface area contributed by atoms with Gasteiger partial charge in [0.05, 0.1) is 12.0 Å². The number of anilines is 1. The summed E-state index contributed by atoms with van der Waals surface area (Å²) in [6.07, 6.45) is 0.523. The maximum atomic E-state index is 13.2. The van der Waals surface area contributed by atoms with Gasteiger partial charge in [-0.2, -0.15) is 5.26 Å². The van der Waals surface area contributed by atoms with Crippen LogP contribution in [0.4, 0.5) is 10.1 Å². The van der Waals surface area contributed by atoms with Gasteiger partial charge < -0.3 is 4.90 Å². The molecule has 3 heteroatoms. The molecule has 20 heavy (non-hydrogen) atoms. The van der Waals surface area contributed by atoms with Gasteiger partial charge in [-0.05, 0) is 41.8 Å². The summed E-state index contributed by atoms with van der Waals surface area (Å²) in [5.74, 6) is -0.518. The van der Waals surface area contributed by atoms with E-state index in [1.165, 1.54) is 12.1 Å². The molecule has 2 rings (SSSR count). The predicted octanol–water partition coefficient (Wildman–Crippen LogP) is 3.74. The van der Waals surface area contributed by atoms with Gasteiger partial charge in [0.2, 0.25) is 0 Å². The van der Waals surface area contributed by atoms with Crippen LogP contribution in [0.2, 0.25) is 0 Å². The van der Waals surface area contributed by atoms with E-state index in [0.717, 1.165) is 16.8 Å². The third-order valence-electron chi connectivity index (χ3n) is 3.30. The monoisotopic (exact) mass is 268 g/mol. The first-order chi connectivity index (χ1) is 9.60. The average Bonchev–Trinajstić information content (AvgIpc) is 2.45. The number of hydrogen-bond acceptors (Lipinski definition) is 2. The molecule has 102 valence electrons. The molecule has 0 N–H and O–H groups in total. The minimum Gasteiger partial charge on any atom is -0.378 e. The second-order valence-electron chi connectivity index (χ2n) is 5.00. The molecule has 0 saturated carbocycles. The quantitative estimate of drug-likeness (QED) is 0.844. The van der Waals surface area contributed by atoms with Crippen molar-refractivity contribution in [3.05, 3.63) is 65.5 Å². The van der Waals surface area contributed by atoms with E-state index in [1.54, 1.807) is 6.07 Å². The molecule has 0 aliphatic rings. The Kier molecular flexibility index (Phi) is 4.37. The number of nitriles is 1. The lowest BCUT2D eigenvalue weighted by Crippen LogP contribution is -2.08. The first-order valence-corrected chi connectivity index (χ1v) is 6.51. The number of benzene rings is 2. The molecule has 0 aliphatic carbocycles. The Morgan fingerprint density at radius 3 is 2.40 bits per heavy atom. The van der Waals surface area contributed by atoms with Crippen LogP contribution >= 0.6 is 0 Å². The van der Waals surface area contributed by atoms with E-state index < -0.39 is 0 Å². The van der Waals surface area contributed by atoms with E-state index in [-0.39, 0.29) is 11.7 Å². The van der Waals surface area contributed by atoms with Crippen molar-refractivity contribution in [2.75, 3.05) is 19.0 Å². The Hall–Kier alpha value is -2.34. The molecule has 0 aliphatic heterocycles. The maximum Gasteiger partial charge on any atom is 0.123 e.